The lowest BCUT2D eigenvalue weighted by molar-refractivity contribution is -0.286. The fraction of sp³-hybridized carbons (Fsp3) is 0.300. The predicted octanol–water partition coefficient (Wildman–Crippen LogP) is 1.54. The van der Waals surface area contributed by atoms with Gasteiger partial charge in [-0.2, -0.15) is 0 Å². The van der Waals surface area contributed by atoms with Crippen LogP contribution in [0.5, 0.6) is 11.5 Å². The summed E-state index contributed by atoms with van der Waals surface area (Å²) in [5.41, 5.74) is 0.500. The van der Waals surface area contributed by atoms with Crippen LogP contribution < -0.4 is 19.7 Å². The van der Waals surface area contributed by atoms with Crippen molar-refractivity contribution < 1.29 is 23.0 Å². The van der Waals surface area contributed by atoms with Gasteiger partial charge in [0.1, 0.15) is 0 Å². The summed E-state index contributed by atoms with van der Waals surface area (Å²) in [6.07, 6.45) is -3.63. The summed E-state index contributed by atoms with van der Waals surface area (Å²) in [6, 6.07) is 4.00. The first kappa shape index (κ1) is 10.1. The van der Waals surface area contributed by atoms with Crippen molar-refractivity contribution in [2.45, 2.75) is 6.29 Å². The van der Waals surface area contributed by atoms with Gasteiger partial charge in [-0.3, -0.25) is 4.90 Å². The molecule has 0 spiro atoms. The number of nitrogens with zero attached hydrogens (tertiary/aromatic N) is 1. The highest BCUT2D eigenvalue weighted by Gasteiger charge is 2.43. The number of urea groups is 1. The van der Waals surface area contributed by atoms with Crippen LogP contribution in [0.15, 0.2) is 18.2 Å². The lowest BCUT2D eigenvalue weighted by atomic mass is 10.2. The van der Waals surface area contributed by atoms with E-state index in [1.807, 2.05) is 0 Å². The molecule has 1 aromatic carbocycles. The SMILES string of the molecule is O=C1NCCN1c1ccc2c(c1)OC(F)(F)O2. The Labute approximate surface area is 94.9 Å². The van der Waals surface area contributed by atoms with Crippen molar-refractivity contribution in [2.24, 2.45) is 0 Å². The maximum absolute atomic E-state index is 12.8. The number of rotatable bonds is 1. The number of halogens is 2. The van der Waals surface area contributed by atoms with Gasteiger partial charge in [0.25, 0.3) is 0 Å². The van der Waals surface area contributed by atoms with Crippen molar-refractivity contribution in [2.75, 3.05) is 18.0 Å². The molecule has 5 nitrogen and oxygen atoms in total. The van der Waals surface area contributed by atoms with E-state index >= 15 is 0 Å². The van der Waals surface area contributed by atoms with Gasteiger partial charge in [0.15, 0.2) is 11.5 Å². The minimum absolute atomic E-state index is 0.0293. The molecule has 0 aromatic heterocycles. The molecule has 2 aliphatic heterocycles. The monoisotopic (exact) mass is 242 g/mol. The number of carbonyl (C=O) groups excluding carboxylic acids is 1. The molecule has 0 atom stereocenters. The zero-order chi connectivity index (χ0) is 12.0. The van der Waals surface area contributed by atoms with Crippen LogP contribution in [0.4, 0.5) is 19.3 Å². The summed E-state index contributed by atoms with van der Waals surface area (Å²) in [7, 11) is 0. The summed E-state index contributed by atoms with van der Waals surface area (Å²) in [6.45, 7) is 1.03. The summed E-state index contributed by atoms with van der Waals surface area (Å²) in [5.74, 6) is -0.0921. The molecule has 17 heavy (non-hydrogen) atoms. The molecule has 2 amide bonds. The first-order valence-electron chi connectivity index (χ1n) is 5.00. The number of nitrogens with one attached hydrogen (secondary N) is 1. The van der Waals surface area contributed by atoms with Crippen LogP contribution in [0.2, 0.25) is 0 Å². The maximum Gasteiger partial charge on any atom is 0.586 e. The molecule has 7 heteroatoms. The van der Waals surface area contributed by atoms with Crippen molar-refractivity contribution in [3.05, 3.63) is 18.2 Å². The van der Waals surface area contributed by atoms with Gasteiger partial charge in [0.05, 0.1) is 0 Å². The molecule has 0 radical (unpaired) electrons. The number of benzene rings is 1. The molecular formula is C10H8F2N2O3. The summed E-state index contributed by atoms with van der Waals surface area (Å²) in [4.78, 5) is 12.8. The van der Waals surface area contributed by atoms with Crippen molar-refractivity contribution >= 4 is 11.7 Å². The minimum Gasteiger partial charge on any atom is -0.395 e. The third-order valence-electron chi connectivity index (χ3n) is 2.55. The lowest BCUT2D eigenvalue weighted by Crippen LogP contribution is -2.27. The second kappa shape index (κ2) is 3.22. The Morgan fingerprint density at radius 3 is 2.76 bits per heavy atom. The van der Waals surface area contributed by atoms with Crippen LogP contribution in [0.25, 0.3) is 0 Å². The fourth-order valence-corrected chi connectivity index (χ4v) is 1.82. The zero-order valence-electron chi connectivity index (χ0n) is 8.57. The van der Waals surface area contributed by atoms with Crippen molar-refractivity contribution in [1.29, 1.82) is 0 Å². The highest BCUT2D eigenvalue weighted by molar-refractivity contribution is 5.94. The van der Waals surface area contributed by atoms with E-state index < -0.39 is 6.29 Å². The van der Waals surface area contributed by atoms with E-state index in [4.69, 9.17) is 0 Å². The molecule has 2 aliphatic rings. The molecule has 0 bridgehead atoms. The van der Waals surface area contributed by atoms with E-state index in [0.717, 1.165) is 0 Å². The molecule has 1 aromatic rings. The zero-order valence-corrected chi connectivity index (χ0v) is 8.57. The van der Waals surface area contributed by atoms with Gasteiger partial charge in [-0.25, -0.2) is 4.79 Å². The number of amides is 2. The number of hydrogen-bond acceptors (Lipinski definition) is 3. The van der Waals surface area contributed by atoms with Crippen LogP contribution in [0.3, 0.4) is 0 Å². The van der Waals surface area contributed by atoms with Crippen LogP contribution >= 0.6 is 0 Å². The Morgan fingerprint density at radius 1 is 1.29 bits per heavy atom. The Balaban J connectivity index is 1.93. The normalized spacial score (nSPS) is 20.6. The highest BCUT2D eigenvalue weighted by atomic mass is 19.3. The van der Waals surface area contributed by atoms with Crippen molar-refractivity contribution in [1.82, 2.24) is 5.32 Å². The third kappa shape index (κ3) is 1.63. The number of fused-ring (bicyclic) bond motifs is 1. The molecule has 2 heterocycles. The molecule has 0 aliphatic carbocycles. The van der Waals surface area contributed by atoms with Crippen LogP contribution in [-0.2, 0) is 0 Å². The molecule has 90 valence electrons. The van der Waals surface area contributed by atoms with Crippen molar-refractivity contribution in [3.8, 4) is 11.5 Å². The molecule has 1 saturated heterocycles. The summed E-state index contributed by atoms with van der Waals surface area (Å²) >= 11 is 0. The quantitative estimate of drug-likeness (QED) is 0.812. The van der Waals surface area contributed by atoms with Gasteiger partial charge in [-0.1, -0.05) is 0 Å². The van der Waals surface area contributed by atoms with Gasteiger partial charge in [-0.15, -0.1) is 8.78 Å². The summed E-state index contributed by atoms with van der Waals surface area (Å²) < 4.78 is 34.2. The summed E-state index contributed by atoms with van der Waals surface area (Å²) in [5, 5.41) is 2.62. The number of alkyl halides is 2. The third-order valence-corrected chi connectivity index (χ3v) is 2.55. The second-order valence-electron chi connectivity index (χ2n) is 3.68. The minimum atomic E-state index is -3.63. The Morgan fingerprint density at radius 2 is 2.06 bits per heavy atom. The standard InChI is InChI=1S/C10H8F2N2O3/c11-10(12)16-7-2-1-6(5-8(7)17-10)14-4-3-13-9(14)15/h1-2,5H,3-4H2,(H,13,15). The second-order valence-corrected chi connectivity index (χ2v) is 3.68. The lowest BCUT2D eigenvalue weighted by Gasteiger charge is -2.14. The molecule has 0 saturated carbocycles. The van der Waals surface area contributed by atoms with E-state index in [-0.39, 0.29) is 17.5 Å². The van der Waals surface area contributed by atoms with Crippen molar-refractivity contribution in [3.63, 3.8) is 0 Å². The molecule has 3 rings (SSSR count). The first-order valence-corrected chi connectivity index (χ1v) is 5.00. The smallest absolute Gasteiger partial charge is 0.395 e. The largest absolute Gasteiger partial charge is 0.586 e. The van der Waals surface area contributed by atoms with Gasteiger partial charge in [-0.05, 0) is 12.1 Å². The van der Waals surface area contributed by atoms with E-state index in [9.17, 15) is 13.6 Å². The topological polar surface area (TPSA) is 50.8 Å². The van der Waals surface area contributed by atoms with E-state index in [2.05, 4.69) is 14.8 Å². The number of carbonyl (C=O) groups is 1. The van der Waals surface area contributed by atoms with Crippen LogP contribution in [0.1, 0.15) is 0 Å². The Hall–Kier alpha value is -2.05. The fourth-order valence-electron chi connectivity index (χ4n) is 1.82. The van der Waals surface area contributed by atoms with Gasteiger partial charge in [0, 0.05) is 24.8 Å². The van der Waals surface area contributed by atoms with Gasteiger partial charge in [0.2, 0.25) is 0 Å². The molecule has 1 fully saturated rings. The molecule has 1 N–H and O–H groups in total. The van der Waals surface area contributed by atoms with E-state index in [1.165, 1.54) is 23.1 Å². The number of ether oxygens (including phenoxy) is 2. The van der Waals surface area contributed by atoms with Crippen LogP contribution in [0, 0.1) is 0 Å². The molecular weight excluding hydrogens is 234 g/mol. The van der Waals surface area contributed by atoms with Crippen LogP contribution in [-0.4, -0.2) is 25.4 Å². The van der Waals surface area contributed by atoms with Gasteiger partial charge >= 0.3 is 12.3 Å². The average Bonchev–Trinajstić information content (AvgIpc) is 2.78. The maximum atomic E-state index is 12.8. The van der Waals surface area contributed by atoms with E-state index in [0.29, 0.717) is 18.8 Å². The first-order chi connectivity index (χ1) is 8.05. The van der Waals surface area contributed by atoms with Gasteiger partial charge < -0.3 is 14.8 Å². The average molecular weight is 242 g/mol. The number of anilines is 1. The Kier molecular flexibility index (Phi) is 1.92. The molecule has 0 unspecified atom stereocenters. The number of hydrogen-bond donors (Lipinski definition) is 1. The van der Waals surface area contributed by atoms with E-state index in [1.54, 1.807) is 0 Å². The predicted molar refractivity (Wildman–Crippen MR) is 53.4 cm³/mol. The highest BCUT2D eigenvalue weighted by Crippen LogP contribution is 2.42. The Bertz CT molecular complexity index is 492.